The van der Waals surface area contributed by atoms with E-state index in [-0.39, 0.29) is 13.2 Å². The molecule has 39 heavy (non-hydrogen) atoms. The summed E-state index contributed by atoms with van der Waals surface area (Å²) in [5.41, 5.74) is 2.84. The fourth-order valence-corrected chi connectivity index (χ4v) is 5.77. The first-order chi connectivity index (χ1) is 19.1. The number of carbonyl (C=O) groups excluding carboxylic acids is 2. The van der Waals surface area contributed by atoms with Gasteiger partial charge in [-0.25, -0.2) is 4.98 Å². The molecule has 1 aromatic heterocycles. The summed E-state index contributed by atoms with van der Waals surface area (Å²) in [7, 11) is 0. The first kappa shape index (κ1) is 24.6. The van der Waals surface area contributed by atoms with Crippen LogP contribution in [-0.4, -0.2) is 34.7 Å². The van der Waals surface area contributed by atoms with Gasteiger partial charge in [-0.3, -0.25) is 9.59 Å². The molecule has 6 rings (SSSR count). The molecule has 1 unspecified atom stereocenters. The van der Waals surface area contributed by atoms with Crippen LogP contribution in [-0.2, 0) is 19.1 Å². The summed E-state index contributed by atoms with van der Waals surface area (Å²) in [5, 5.41) is 2.10. The van der Waals surface area contributed by atoms with Crippen molar-refractivity contribution in [2.24, 2.45) is 5.41 Å². The first-order valence-electron chi connectivity index (χ1n) is 13.2. The number of nitrogens with zero attached hydrogens (tertiary/aromatic N) is 2. The number of ether oxygens (including phenoxy) is 2. The number of fused-ring (bicyclic) bond motifs is 3. The van der Waals surface area contributed by atoms with Gasteiger partial charge in [0.25, 0.3) is 0 Å². The smallest absolute Gasteiger partial charge is 0.330 e. The number of hydrogen-bond acceptors (Lipinski definition) is 5. The minimum atomic E-state index is -1.79. The third-order valence-corrected chi connectivity index (χ3v) is 7.41. The Bertz CT molecular complexity index is 1720. The number of hydrogen-bond donors (Lipinski definition) is 0. The number of imidazole rings is 1. The van der Waals surface area contributed by atoms with E-state index >= 15 is 0 Å². The highest BCUT2D eigenvalue weighted by atomic mass is 16.6. The summed E-state index contributed by atoms with van der Waals surface area (Å²) < 4.78 is 13.3. The average Bonchev–Trinajstić information content (AvgIpc) is 3.49. The molecule has 0 aliphatic heterocycles. The maximum absolute atomic E-state index is 14.2. The zero-order valence-corrected chi connectivity index (χ0v) is 21.8. The molecule has 0 radical (unpaired) electrons. The summed E-state index contributed by atoms with van der Waals surface area (Å²) >= 11 is 0. The van der Waals surface area contributed by atoms with E-state index in [1.165, 1.54) is 0 Å². The van der Waals surface area contributed by atoms with E-state index in [4.69, 9.17) is 14.5 Å². The number of carbonyl (C=O) groups is 2. The predicted molar refractivity (Wildman–Crippen MR) is 152 cm³/mol. The molecule has 0 amide bonds. The lowest BCUT2D eigenvalue weighted by molar-refractivity contribution is -0.168. The van der Waals surface area contributed by atoms with Gasteiger partial charge in [-0.2, -0.15) is 0 Å². The highest BCUT2D eigenvalue weighted by Crippen LogP contribution is 2.58. The van der Waals surface area contributed by atoms with E-state index < -0.39 is 23.4 Å². The Morgan fingerprint density at radius 3 is 2.15 bits per heavy atom. The molecule has 1 heterocycles. The molecule has 1 aliphatic rings. The molecular weight excluding hydrogens is 488 g/mol. The molecule has 1 atom stereocenters. The standard InChI is InChI=1S/C33H28N2O4/c1-3-38-31(36)33(32(37)39-4-2)27(18-22-12-6-5-7-13-22)25-16-10-11-17-26(25)30(33)35-21-34-28-19-23-14-8-9-15-24(23)20-29(28)35/h5-21,30H,3-4H2,1-2H3/b27-18-. The zero-order valence-electron chi connectivity index (χ0n) is 21.8. The van der Waals surface area contributed by atoms with E-state index in [9.17, 15) is 9.59 Å². The largest absolute Gasteiger partial charge is 0.465 e. The van der Waals surface area contributed by atoms with Gasteiger partial charge in [-0.05, 0) is 65.1 Å². The van der Waals surface area contributed by atoms with Crippen molar-refractivity contribution in [1.82, 2.24) is 9.55 Å². The Morgan fingerprint density at radius 2 is 1.46 bits per heavy atom. The van der Waals surface area contributed by atoms with Crippen LogP contribution in [0.5, 0.6) is 0 Å². The van der Waals surface area contributed by atoms with Gasteiger partial charge in [0.15, 0.2) is 0 Å². The van der Waals surface area contributed by atoms with Crippen molar-refractivity contribution in [2.75, 3.05) is 13.2 Å². The Kier molecular flexibility index (Phi) is 6.23. The van der Waals surface area contributed by atoms with Crippen LogP contribution in [0.1, 0.15) is 36.6 Å². The second kappa shape index (κ2) is 9.87. The minimum Gasteiger partial charge on any atom is -0.465 e. The number of aromatic nitrogens is 2. The molecule has 4 aromatic carbocycles. The van der Waals surface area contributed by atoms with Crippen LogP contribution in [0.3, 0.4) is 0 Å². The zero-order chi connectivity index (χ0) is 27.0. The van der Waals surface area contributed by atoms with Gasteiger partial charge in [0, 0.05) is 0 Å². The van der Waals surface area contributed by atoms with E-state index in [0.717, 1.165) is 38.5 Å². The Hall–Kier alpha value is -4.71. The normalized spacial score (nSPS) is 16.9. The van der Waals surface area contributed by atoms with Gasteiger partial charge in [0.2, 0.25) is 5.41 Å². The molecule has 0 fully saturated rings. The van der Waals surface area contributed by atoms with Gasteiger partial charge in [-0.1, -0.05) is 78.9 Å². The van der Waals surface area contributed by atoms with Crippen LogP contribution in [0.4, 0.5) is 0 Å². The molecule has 194 valence electrons. The van der Waals surface area contributed by atoms with Crippen molar-refractivity contribution in [2.45, 2.75) is 19.9 Å². The van der Waals surface area contributed by atoms with Crippen LogP contribution in [0.25, 0.3) is 33.5 Å². The fraction of sp³-hybridized carbons (Fsp3) is 0.182. The van der Waals surface area contributed by atoms with Gasteiger partial charge in [0.1, 0.15) is 0 Å². The molecule has 0 N–H and O–H groups in total. The summed E-state index contributed by atoms with van der Waals surface area (Å²) in [4.78, 5) is 33.1. The molecular formula is C33H28N2O4. The van der Waals surface area contributed by atoms with Crippen molar-refractivity contribution in [1.29, 1.82) is 0 Å². The molecule has 0 bridgehead atoms. The lowest BCUT2D eigenvalue weighted by atomic mass is 9.76. The van der Waals surface area contributed by atoms with Crippen LogP contribution in [0, 0.1) is 5.41 Å². The van der Waals surface area contributed by atoms with Gasteiger partial charge < -0.3 is 14.0 Å². The van der Waals surface area contributed by atoms with Crippen molar-refractivity contribution >= 4 is 45.4 Å². The monoisotopic (exact) mass is 516 g/mol. The summed E-state index contributed by atoms with van der Waals surface area (Å²) in [6.07, 6.45) is 3.62. The third-order valence-electron chi connectivity index (χ3n) is 7.41. The highest BCUT2D eigenvalue weighted by Gasteiger charge is 2.64. The molecule has 0 spiro atoms. The fourth-order valence-electron chi connectivity index (χ4n) is 5.77. The van der Waals surface area contributed by atoms with Crippen molar-refractivity contribution < 1.29 is 19.1 Å². The second-order valence-corrected chi connectivity index (χ2v) is 9.55. The van der Waals surface area contributed by atoms with E-state index in [1.807, 2.05) is 95.6 Å². The van der Waals surface area contributed by atoms with Crippen LogP contribution < -0.4 is 0 Å². The van der Waals surface area contributed by atoms with Crippen molar-refractivity contribution in [3.8, 4) is 0 Å². The lowest BCUT2D eigenvalue weighted by Gasteiger charge is -2.33. The Balaban J connectivity index is 1.71. The lowest BCUT2D eigenvalue weighted by Crippen LogP contribution is -2.47. The highest BCUT2D eigenvalue weighted by molar-refractivity contribution is 6.18. The summed E-state index contributed by atoms with van der Waals surface area (Å²) in [6, 6.07) is 28.8. The van der Waals surface area contributed by atoms with E-state index in [0.29, 0.717) is 5.57 Å². The third kappa shape index (κ3) is 3.83. The van der Waals surface area contributed by atoms with Gasteiger partial charge in [0.05, 0.1) is 36.6 Å². The Morgan fingerprint density at radius 1 is 0.846 bits per heavy atom. The summed E-state index contributed by atoms with van der Waals surface area (Å²) in [6.45, 7) is 3.73. The van der Waals surface area contributed by atoms with E-state index in [2.05, 4.69) is 6.07 Å². The van der Waals surface area contributed by atoms with E-state index in [1.54, 1.807) is 20.2 Å². The molecule has 0 saturated carbocycles. The van der Waals surface area contributed by atoms with Crippen molar-refractivity contribution in [3.05, 3.63) is 114 Å². The maximum Gasteiger partial charge on any atom is 0.330 e. The molecule has 6 nitrogen and oxygen atoms in total. The number of benzene rings is 4. The SMILES string of the molecule is CCOC(=O)C1(C(=O)OCC)/C(=C\c2ccccc2)c2ccccc2C1n1cnc2cc3ccccc3cc21. The number of rotatable bonds is 6. The van der Waals surface area contributed by atoms with Gasteiger partial charge in [-0.15, -0.1) is 0 Å². The number of esters is 2. The van der Waals surface area contributed by atoms with Gasteiger partial charge >= 0.3 is 11.9 Å². The molecule has 0 saturated heterocycles. The predicted octanol–water partition coefficient (Wildman–Crippen LogP) is 6.45. The van der Waals surface area contributed by atoms with Crippen LogP contribution >= 0.6 is 0 Å². The van der Waals surface area contributed by atoms with Crippen molar-refractivity contribution in [3.63, 3.8) is 0 Å². The summed E-state index contributed by atoms with van der Waals surface area (Å²) in [5.74, 6) is -1.29. The Labute approximate surface area is 226 Å². The van der Waals surface area contributed by atoms with Crippen LogP contribution in [0.2, 0.25) is 0 Å². The molecule has 6 heteroatoms. The average molecular weight is 517 g/mol. The quantitative estimate of drug-likeness (QED) is 0.192. The topological polar surface area (TPSA) is 70.4 Å². The first-order valence-corrected chi connectivity index (χ1v) is 13.2. The molecule has 1 aliphatic carbocycles. The molecule has 5 aromatic rings. The second-order valence-electron chi connectivity index (χ2n) is 9.55. The van der Waals surface area contributed by atoms with Crippen LogP contribution in [0.15, 0.2) is 97.3 Å². The minimum absolute atomic E-state index is 0.122. The maximum atomic E-state index is 14.2.